The van der Waals surface area contributed by atoms with Gasteiger partial charge in [-0.2, -0.15) is 12.6 Å². The molecule has 1 heterocycles. The van der Waals surface area contributed by atoms with Crippen LogP contribution in [0.5, 0.6) is 0 Å². The molecule has 1 aliphatic heterocycles. The maximum atomic E-state index is 11.0. The van der Waals surface area contributed by atoms with Gasteiger partial charge in [-0.1, -0.05) is 0 Å². The third kappa shape index (κ3) is 5.00. The van der Waals surface area contributed by atoms with E-state index >= 15 is 0 Å². The summed E-state index contributed by atoms with van der Waals surface area (Å²) < 4.78 is 30.9. The van der Waals surface area contributed by atoms with Crippen LogP contribution in [0.15, 0.2) is 0 Å². The molecule has 0 bridgehead atoms. The largest absolute Gasteiger partial charge is 0.374 e. The van der Waals surface area contributed by atoms with E-state index in [1.54, 1.807) is 0 Å². The summed E-state index contributed by atoms with van der Waals surface area (Å²) in [5, 5.41) is 0. The van der Waals surface area contributed by atoms with Crippen LogP contribution in [0.4, 0.5) is 0 Å². The molecule has 0 amide bonds. The van der Waals surface area contributed by atoms with Crippen molar-refractivity contribution in [2.45, 2.75) is 6.29 Å². The zero-order chi connectivity index (χ0) is 9.52. The number of thiol groups is 1. The lowest BCUT2D eigenvalue weighted by molar-refractivity contribution is -0.172. The van der Waals surface area contributed by atoms with Crippen LogP contribution in [0.25, 0.3) is 0 Å². The summed E-state index contributed by atoms with van der Waals surface area (Å²) in [6.07, 6.45) is -0.556. The van der Waals surface area contributed by atoms with E-state index in [-0.39, 0.29) is 0 Å². The van der Waals surface area contributed by atoms with Crippen molar-refractivity contribution >= 4 is 20.9 Å². The Bertz CT molecular complexity index is 161. The van der Waals surface area contributed by atoms with Crippen molar-refractivity contribution in [3.8, 4) is 0 Å². The Labute approximate surface area is 83.0 Å². The third-order valence-corrected chi connectivity index (χ3v) is 2.40. The van der Waals surface area contributed by atoms with Crippen LogP contribution in [-0.4, -0.2) is 38.5 Å². The lowest BCUT2D eigenvalue weighted by Gasteiger charge is -2.22. The molecule has 0 radical (unpaired) electrons. The fraction of sp³-hybridized carbons (Fsp3) is 1.00. The van der Waals surface area contributed by atoms with Crippen molar-refractivity contribution in [1.29, 1.82) is 0 Å². The second-order valence-electron chi connectivity index (χ2n) is 2.32. The SMILES string of the molecule is O=[PH](OCCS)OC1COCCO1. The predicted molar refractivity (Wildman–Crippen MR) is 50.5 cm³/mol. The average molecular weight is 228 g/mol. The van der Waals surface area contributed by atoms with E-state index < -0.39 is 14.5 Å². The minimum absolute atomic E-state index is 0.306. The Morgan fingerprint density at radius 3 is 3.00 bits per heavy atom. The van der Waals surface area contributed by atoms with Gasteiger partial charge in [0.15, 0.2) is 6.29 Å². The van der Waals surface area contributed by atoms with Gasteiger partial charge in [0.05, 0.1) is 26.4 Å². The van der Waals surface area contributed by atoms with E-state index in [1.165, 1.54) is 0 Å². The fourth-order valence-electron chi connectivity index (χ4n) is 0.805. The predicted octanol–water partition coefficient (Wildman–Crippen LogP) is 0.712. The van der Waals surface area contributed by atoms with E-state index in [0.29, 0.717) is 32.2 Å². The van der Waals surface area contributed by atoms with Gasteiger partial charge in [-0.05, 0) is 0 Å². The fourth-order valence-corrected chi connectivity index (χ4v) is 1.76. The monoisotopic (exact) mass is 228 g/mol. The molecule has 0 aliphatic carbocycles. The molecular weight excluding hydrogens is 215 g/mol. The first-order valence-electron chi connectivity index (χ1n) is 3.96. The van der Waals surface area contributed by atoms with E-state index in [1.807, 2.05) is 0 Å². The summed E-state index contributed by atoms with van der Waals surface area (Å²) >= 11 is 3.90. The van der Waals surface area contributed by atoms with Crippen LogP contribution in [0, 0.1) is 0 Å². The molecule has 1 aliphatic rings. The second kappa shape index (κ2) is 6.81. The lowest BCUT2D eigenvalue weighted by Crippen LogP contribution is -2.29. The first kappa shape index (κ1) is 11.5. The second-order valence-corrected chi connectivity index (χ2v) is 3.79. The number of hydrogen-bond acceptors (Lipinski definition) is 6. The number of rotatable bonds is 5. The highest BCUT2D eigenvalue weighted by Gasteiger charge is 2.17. The summed E-state index contributed by atoms with van der Waals surface area (Å²) in [4.78, 5) is 0. The maximum absolute atomic E-state index is 11.0. The zero-order valence-electron chi connectivity index (χ0n) is 7.10. The zero-order valence-corrected chi connectivity index (χ0v) is 9.00. The molecule has 13 heavy (non-hydrogen) atoms. The van der Waals surface area contributed by atoms with E-state index in [4.69, 9.17) is 18.5 Å². The topological polar surface area (TPSA) is 54.0 Å². The van der Waals surface area contributed by atoms with Crippen molar-refractivity contribution in [2.24, 2.45) is 0 Å². The maximum Gasteiger partial charge on any atom is 0.321 e. The Balaban J connectivity index is 2.11. The summed E-state index contributed by atoms with van der Waals surface area (Å²) in [6, 6.07) is 0. The Morgan fingerprint density at radius 2 is 2.38 bits per heavy atom. The molecule has 0 aromatic rings. The van der Waals surface area contributed by atoms with Gasteiger partial charge in [-0.15, -0.1) is 0 Å². The van der Waals surface area contributed by atoms with Crippen LogP contribution < -0.4 is 0 Å². The van der Waals surface area contributed by atoms with Crippen LogP contribution >= 0.6 is 20.9 Å². The standard InChI is InChI=1S/C6H13O5PS/c7-12(10-3-4-13)11-6-5-8-1-2-9-6/h6,12-13H,1-5H2. The van der Waals surface area contributed by atoms with Crippen LogP contribution in [-0.2, 0) is 23.1 Å². The van der Waals surface area contributed by atoms with Crippen molar-refractivity contribution in [3.05, 3.63) is 0 Å². The highest BCUT2D eigenvalue weighted by Crippen LogP contribution is 2.27. The normalized spacial score (nSPS) is 25.8. The minimum atomic E-state index is -2.46. The van der Waals surface area contributed by atoms with Gasteiger partial charge < -0.3 is 14.0 Å². The molecule has 2 atom stereocenters. The third-order valence-electron chi connectivity index (χ3n) is 1.32. The molecule has 78 valence electrons. The van der Waals surface area contributed by atoms with Gasteiger partial charge in [0.2, 0.25) is 0 Å². The van der Waals surface area contributed by atoms with Gasteiger partial charge >= 0.3 is 8.25 Å². The van der Waals surface area contributed by atoms with Gasteiger partial charge in [-0.3, -0.25) is 9.09 Å². The lowest BCUT2D eigenvalue weighted by atomic mass is 10.6. The van der Waals surface area contributed by atoms with Crippen molar-refractivity contribution in [3.63, 3.8) is 0 Å². The van der Waals surface area contributed by atoms with Crippen molar-refractivity contribution in [1.82, 2.24) is 0 Å². The molecule has 0 spiro atoms. The first-order valence-corrected chi connectivity index (χ1v) is 5.82. The first-order chi connectivity index (χ1) is 6.33. The Kier molecular flexibility index (Phi) is 6.02. The van der Waals surface area contributed by atoms with Crippen LogP contribution in [0.2, 0.25) is 0 Å². The Hall–Kier alpha value is 0.420. The molecule has 7 heteroatoms. The highest BCUT2D eigenvalue weighted by molar-refractivity contribution is 7.80. The van der Waals surface area contributed by atoms with Crippen molar-refractivity contribution in [2.75, 3.05) is 32.2 Å². The molecule has 0 aromatic carbocycles. The van der Waals surface area contributed by atoms with Gasteiger partial charge in [-0.25, -0.2) is 0 Å². The summed E-state index contributed by atoms with van der Waals surface area (Å²) in [5.41, 5.74) is 0. The summed E-state index contributed by atoms with van der Waals surface area (Å²) in [5.74, 6) is 0.516. The molecule has 5 nitrogen and oxygen atoms in total. The molecule has 0 N–H and O–H groups in total. The number of ether oxygens (including phenoxy) is 2. The summed E-state index contributed by atoms with van der Waals surface area (Å²) in [7, 11) is -2.46. The molecule has 1 saturated heterocycles. The molecule has 0 saturated carbocycles. The van der Waals surface area contributed by atoms with Crippen LogP contribution in [0.1, 0.15) is 0 Å². The molecule has 2 unspecified atom stereocenters. The smallest absolute Gasteiger partial charge is 0.321 e. The average Bonchev–Trinajstić information content (AvgIpc) is 2.16. The quantitative estimate of drug-likeness (QED) is 0.555. The molecule has 0 aromatic heterocycles. The van der Waals surface area contributed by atoms with Gasteiger partial charge in [0, 0.05) is 5.75 Å². The van der Waals surface area contributed by atoms with Crippen LogP contribution in [0.3, 0.4) is 0 Å². The summed E-state index contributed by atoms with van der Waals surface area (Å²) in [6.45, 7) is 1.64. The van der Waals surface area contributed by atoms with E-state index in [0.717, 1.165) is 0 Å². The van der Waals surface area contributed by atoms with E-state index in [2.05, 4.69) is 12.6 Å². The highest BCUT2D eigenvalue weighted by atomic mass is 32.1. The minimum Gasteiger partial charge on any atom is -0.374 e. The number of hydrogen-bond donors (Lipinski definition) is 1. The van der Waals surface area contributed by atoms with Gasteiger partial charge in [0.1, 0.15) is 0 Å². The van der Waals surface area contributed by atoms with Crippen molar-refractivity contribution < 1.29 is 23.1 Å². The Morgan fingerprint density at radius 1 is 1.54 bits per heavy atom. The molecule has 1 fully saturated rings. The molecule has 1 rings (SSSR count). The van der Waals surface area contributed by atoms with E-state index in [9.17, 15) is 4.57 Å². The van der Waals surface area contributed by atoms with Gasteiger partial charge in [0.25, 0.3) is 0 Å². The molecular formula is C6H13O5PS.